The topological polar surface area (TPSA) is 8.17 Å². The van der Waals surface area contributed by atoms with Crippen LogP contribution in [-0.2, 0) is 10.8 Å². The van der Waals surface area contributed by atoms with Crippen LogP contribution in [0.15, 0.2) is 206 Å². The molecule has 0 aliphatic heterocycles. The third kappa shape index (κ3) is 5.86. The fraction of sp³-hybridized carbons (Fsp3) is 0.0968. The fourth-order valence-electron chi connectivity index (χ4n) is 10.9. The first kappa shape index (κ1) is 38.0. The van der Waals surface area contributed by atoms with Crippen LogP contribution in [0.3, 0.4) is 0 Å². The summed E-state index contributed by atoms with van der Waals surface area (Å²) in [5.74, 6) is 0. The van der Waals surface area contributed by atoms with Gasteiger partial charge in [-0.3, -0.25) is 0 Å². The van der Waals surface area contributed by atoms with Crippen LogP contribution >= 0.6 is 0 Å². The van der Waals surface area contributed by atoms with Crippen LogP contribution in [0.5, 0.6) is 0 Å². The highest BCUT2D eigenvalue weighted by atomic mass is 15.1. The first-order valence-corrected chi connectivity index (χ1v) is 22.5. The molecule has 0 saturated carbocycles. The summed E-state index contributed by atoms with van der Waals surface area (Å²) >= 11 is 0. The lowest BCUT2D eigenvalue weighted by molar-refractivity contribution is 0.660. The van der Waals surface area contributed by atoms with Gasteiger partial charge in [-0.05, 0) is 133 Å². The Balaban J connectivity index is 0.881. The fourth-order valence-corrected chi connectivity index (χ4v) is 10.9. The largest absolute Gasteiger partial charge is 0.311 e. The molecule has 1 aromatic heterocycles. The summed E-state index contributed by atoms with van der Waals surface area (Å²) in [4.78, 5) is 2.29. The lowest BCUT2D eigenvalue weighted by atomic mass is 9.80. The van der Waals surface area contributed by atoms with Gasteiger partial charge in [-0.15, -0.1) is 0 Å². The van der Waals surface area contributed by atoms with Crippen molar-refractivity contribution in [3.05, 3.63) is 240 Å². The Bertz CT molecular complexity index is 3420. The van der Waals surface area contributed by atoms with Gasteiger partial charge < -0.3 is 9.47 Å². The van der Waals surface area contributed by atoms with Crippen LogP contribution < -0.4 is 4.90 Å². The molecule has 2 heteroatoms. The molecule has 10 aromatic rings. The summed E-state index contributed by atoms with van der Waals surface area (Å²) in [6.07, 6.45) is 4.42. The number of fused-ring (bicyclic) bond motifs is 10. The molecule has 0 unspecified atom stereocenters. The molecule has 0 atom stereocenters. The van der Waals surface area contributed by atoms with Gasteiger partial charge in [-0.2, -0.15) is 0 Å². The van der Waals surface area contributed by atoms with Gasteiger partial charge in [0.1, 0.15) is 0 Å². The second kappa shape index (κ2) is 14.4. The van der Waals surface area contributed by atoms with Crippen molar-refractivity contribution in [2.75, 3.05) is 4.90 Å². The molecule has 1 heterocycles. The summed E-state index contributed by atoms with van der Waals surface area (Å²) in [5.41, 5.74) is 22.6. The van der Waals surface area contributed by atoms with Crippen LogP contribution in [0.2, 0.25) is 0 Å². The molecule has 0 saturated heterocycles. The standard InChI is InChI=1S/C62H48N2/c1-61(2)55-21-13-11-19-49(55)50-35-29-43(39-56(50)61)44-30-36-51-53-37-38-54-52-20-12-14-22-58(52)64(60(54)59(53)62(3,4)57(51)40-44)48-33-27-42(28-34-48)24-23-41-25-31-47(32-26-41)63(45-15-7-5-8-16-45)46-17-9-6-10-18-46/h5-40H,1-4H3. The predicted molar refractivity (Wildman–Crippen MR) is 271 cm³/mol. The smallest absolute Gasteiger partial charge is 0.0588 e. The summed E-state index contributed by atoms with van der Waals surface area (Å²) in [7, 11) is 0. The van der Waals surface area contributed by atoms with Crippen molar-refractivity contribution in [1.29, 1.82) is 0 Å². The van der Waals surface area contributed by atoms with E-state index in [-0.39, 0.29) is 10.8 Å². The predicted octanol–water partition coefficient (Wildman–Crippen LogP) is 16.7. The van der Waals surface area contributed by atoms with Crippen LogP contribution in [0, 0.1) is 0 Å². The van der Waals surface area contributed by atoms with E-state index in [0.29, 0.717) is 0 Å². The van der Waals surface area contributed by atoms with Crippen LogP contribution in [0.25, 0.3) is 73.0 Å². The van der Waals surface area contributed by atoms with E-state index in [2.05, 4.69) is 256 Å². The van der Waals surface area contributed by atoms with Crippen LogP contribution in [0.1, 0.15) is 61.1 Å². The zero-order chi connectivity index (χ0) is 43.2. The van der Waals surface area contributed by atoms with Crippen molar-refractivity contribution in [2.45, 2.75) is 38.5 Å². The molecule has 64 heavy (non-hydrogen) atoms. The van der Waals surface area contributed by atoms with E-state index in [4.69, 9.17) is 0 Å². The van der Waals surface area contributed by atoms with Gasteiger partial charge in [0.05, 0.1) is 11.0 Å². The van der Waals surface area contributed by atoms with Crippen molar-refractivity contribution in [3.63, 3.8) is 0 Å². The Labute approximate surface area is 376 Å². The molecule has 0 fully saturated rings. The lowest BCUT2D eigenvalue weighted by Gasteiger charge is -2.25. The first-order chi connectivity index (χ1) is 31.3. The molecular weight excluding hydrogens is 773 g/mol. The van der Waals surface area contributed by atoms with E-state index < -0.39 is 0 Å². The average molecular weight is 821 g/mol. The number of para-hydroxylation sites is 3. The third-order valence-corrected chi connectivity index (χ3v) is 14.2. The van der Waals surface area contributed by atoms with Crippen molar-refractivity contribution in [3.8, 4) is 39.1 Å². The highest BCUT2D eigenvalue weighted by Gasteiger charge is 2.39. The minimum atomic E-state index is -0.226. The van der Waals surface area contributed by atoms with Crippen molar-refractivity contribution < 1.29 is 0 Å². The normalized spacial score (nSPS) is 14.1. The number of aromatic nitrogens is 1. The van der Waals surface area contributed by atoms with Gasteiger partial charge in [0.25, 0.3) is 0 Å². The highest BCUT2D eigenvalue weighted by molar-refractivity contribution is 6.13. The molecule has 9 aromatic carbocycles. The van der Waals surface area contributed by atoms with Gasteiger partial charge in [-0.25, -0.2) is 0 Å². The van der Waals surface area contributed by atoms with Gasteiger partial charge in [0, 0.05) is 44.4 Å². The van der Waals surface area contributed by atoms with E-state index in [0.717, 1.165) is 33.9 Å². The van der Waals surface area contributed by atoms with Crippen LogP contribution in [-0.4, -0.2) is 4.57 Å². The van der Waals surface area contributed by atoms with E-state index in [1.54, 1.807) is 0 Å². The molecular formula is C62H48N2. The van der Waals surface area contributed by atoms with E-state index in [9.17, 15) is 0 Å². The molecule has 12 rings (SSSR count). The number of hydrogen-bond acceptors (Lipinski definition) is 1. The maximum absolute atomic E-state index is 2.51. The Morgan fingerprint density at radius 2 is 0.891 bits per heavy atom. The molecule has 0 N–H and O–H groups in total. The first-order valence-electron chi connectivity index (χ1n) is 22.5. The summed E-state index contributed by atoms with van der Waals surface area (Å²) in [6.45, 7) is 9.58. The Morgan fingerprint density at radius 1 is 0.391 bits per heavy atom. The van der Waals surface area contributed by atoms with E-state index >= 15 is 0 Å². The molecule has 2 aliphatic rings. The maximum Gasteiger partial charge on any atom is 0.0588 e. The van der Waals surface area contributed by atoms with Crippen molar-refractivity contribution >= 4 is 51.0 Å². The summed E-state index contributed by atoms with van der Waals surface area (Å²) < 4.78 is 2.51. The van der Waals surface area contributed by atoms with E-state index in [1.807, 2.05) is 0 Å². The van der Waals surface area contributed by atoms with Crippen molar-refractivity contribution in [2.24, 2.45) is 0 Å². The minimum Gasteiger partial charge on any atom is -0.311 e. The molecule has 0 amide bonds. The van der Waals surface area contributed by atoms with Gasteiger partial charge in [0.15, 0.2) is 0 Å². The Kier molecular flexibility index (Phi) is 8.58. The highest BCUT2D eigenvalue weighted by Crippen LogP contribution is 2.55. The van der Waals surface area contributed by atoms with Gasteiger partial charge in [0.2, 0.25) is 0 Å². The second-order valence-corrected chi connectivity index (χ2v) is 18.6. The molecule has 306 valence electrons. The zero-order valence-corrected chi connectivity index (χ0v) is 36.7. The Hall–Kier alpha value is -7.68. The van der Waals surface area contributed by atoms with Crippen LogP contribution in [0.4, 0.5) is 17.1 Å². The second-order valence-electron chi connectivity index (χ2n) is 18.6. The quantitative estimate of drug-likeness (QED) is 0.145. The lowest BCUT2D eigenvalue weighted by Crippen LogP contribution is -2.17. The molecule has 2 nitrogen and oxygen atoms in total. The molecule has 0 bridgehead atoms. The number of nitrogens with zero attached hydrogens (tertiary/aromatic N) is 2. The molecule has 0 radical (unpaired) electrons. The number of anilines is 3. The average Bonchev–Trinajstić information content (AvgIpc) is 3.88. The number of hydrogen-bond donors (Lipinski definition) is 0. The van der Waals surface area contributed by atoms with E-state index in [1.165, 1.54) is 77.4 Å². The minimum absolute atomic E-state index is 0.0388. The Morgan fingerprint density at radius 3 is 1.55 bits per heavy atom. The third-order valence-electron chi connectivity index (χ3n) is 14.2. The molecule has 0 spiro atoms. The summed E-state index contributed by atoms with van der Waals surface area (Å²) in [6, 6.07) is 75.8. The van der Waals surface area contributed by atoms with Gasteiger partial charge in [-0.1, -0.05) is 179 Å². The number of benzene rings is 9. The summed E-state index contributed by atoms with van der Waals surface area (Å²) in [5, 5.41) is 2.57. The molecule has 2 aliphatic carbocycles. The van der Waals surface area contributed by atoms with Crippen molar-refractivity contribution in [1.82, 2.24) is 4.57 Å². The monoisotopic (exact) mass is 820 g/mol. The number of rotatable bonds is 7. The van der Waals surface area contributed by atoms with Gasteiger partial charge >= 0.3 is 0 Å². The maximum atomic E-state index is 2.51. The SMILES string of the molecule is CC1(C)c2ccccc2-c2ccc(-c3ccc4c(c3)C(C)(C)c3c-4ccc4c5ccccc5n(-c5ccc(C=Cc6ccc(N(c7ccccc7)c7ccccc7)cc6)cc5)c34)cc21. The zero-order valence-electron chi connectivity index (χ0n) is 36.7.